The molecule has 0 spiro atoms. The van der Waals surface area contributed by atoms with Gasteiger partial charge in [-0.3, -0.25) is 4.79 Å². The molecule has 186 valence electrons. The maximum atomic E-state index is 14.4. The molecule has 2 heterocycles. The minimum absolute atomic E-state index is 0.00828. The van der Waals surface area contributed by atoms with Crippen LogP contribution in [-0.4, -0.2) is 71.0 Å². The number of carbonyl (C=O) groups is 1. The van der Waals surface area contributed by atoms with E-state index in [1.807, 2.05) is 0 Å². The topological polar surface area (TPSA) is 99.9 Å². The molecular weight excluding hydrogens is 480 g/mol. The molecule has 11 heteroatoms. The summed E-state index contributed by atoms with van der Waals surface area (Å²) in [5.41, 5.74) is -0.206. The summed E-state index contributed by atoms with van der Waals surface area (Å²) in [5, 5.41) is 8.88. The van der Waals surface area contributed by atoms with Gasteiger partial charge in [0.05, 0.1) is 34.9 Å². The van der Waals surface area contributed by atoms with E-state index in [9.17, 15) is 22.0 Å². The third kappa shape index (κ3) is 5.55. The van der Waals surface area contributed by atoms with Crippen molar-refractivity contribution in [3.63, 3.8) is 0 Å². The number of piperazine rings is 1. The average Bonchev–Trinajstić information content (AvgIpc) is 2.85. The zero-order chi connectivity index (χ0) is 25.2. The Balaban J connectivity index is 1.54. The van der Waals surface area contributed by atoms with Gasteiger partial charge in [0, 0.05) is 51.3 Å². The fourth-order valence-electron chi connectivity index (χ4n) is 4.17. The van der Waals surface area contributed by atoms with Crippen molar-refractivity contribution in [3.8, 4) is 11.8 Å². The second-order valence-corrected chi connectivity index (χ2v) is 10.5. The molecule has 0 atom stereocenters. The number of carbonyl (C=O) groups excluding carboxylic acids is 1. The molecule has 4 rings (SSSR count). The number of benzene rings is 2. The molecule has 8 nitrogen and oxygen atoms in total. The Bertz CT molecular complexity index is 1260. The van der Waals surface area contributed by atoms with E-state index in [0.29, 0.717) is 31.8 Å². The lowest BCUT2D eigenvalue weighted by molar-refractivity contribution is 0.0249. The number of nitriles is 1. The first-order valence-corrected chi connectivity index (χ1v) is 13.1. The molecule has 35 heavy (non-hydrogen) atoms. The van der Waals surface area contributed by atoms with Crippen molar-refractivity contribution in [1.29, 1.82) is 5.26 Å². The molecule has 2 aliphatic heterocycles. The van der Waals surface area contributed by atoms with Crippen molar-refractivity contribution in [3.05, 3.63) is 53.1 Å². The molecule has 2 aliphatic rings. The first-order chi connectivity index (χ1) is 16.7. The number of nitrogens with zero attached hydrogens (tertiary/aromatic N) is 3. The summed E-state index contributed by atoms with van der Waals surface area (Å²) in [7, 11) is -3.55. The monoisotopic (exact) mass is 505 g/mol. The fraction of sp³-hybridized carbons (Fsp3) is 0.417. The molecule has 2 aromatic rings. The Morgan fingerprint density at radius 3 is 2.40 bits per heavy atom. The Morgan fingerprint density at radius 2 is 1.77 bits per heavy atom. The third-order valence-electron chi connectivity index (χ3n) is 6.14. The number of anilines is 1. The van der Waals surface area contributed by atoms with Crippen molar-refractivity contribution in [2.75, 3.05) is 50.5 Å². The van der Waals surface area contributed by atoms with Crippen LogP contribution < -0.4 is 9.64 Å². The van der Waals surface area contributed by atoms with Gasteiger partial charge in [-0.25, -0.2) is 17.2 Å². The van der Waals surface area contributed by atoms with Gasteiger partial charge in [-0.2, -0.15) is 5.26 Å². The minimum atomic E-state index is -3.55. The van der Waals surface area contributed by atoms with Crippen molar-refractivity contribution in [2.24, 2.45) is 0 Å². The normalized spacial score (nSPS) is 17.2. The molecular formula is C24H25F2N3O5S. The van der Waals surface area contributed by atoms with E-state index in [0.717, 1.165) is 18.4 Å². The first-order valence-electron chi connectivity index (χ1n) is 11.2. The number of sulfone groups is 1. The van der Waals surface area contributed by atoms with Gasteiger partial charge in [-0.05, 0) is 24.3 Å². The maximum Gasteiger partial charge on any atom is 0.257 e. The van der Waals surface area contributed by atoms with E-state index in [1.54, 1.807) is 11.0 Å². The van der Waals surface area contributed by atoms with Crippen LogP contribution in [-0.2, 0) is 14.6 Å². The molecule has 0 radical (unpaired) electrons. The standard InChI is InChI=1S/C24H25F2N3O5S/c1-35(31,32)18-2-3-23(34-17-4-10-33-11-5-17)19(13-18)24(30)29-8-6-28(7-9-29)22-14-20(25)16(15-27)12-21(22)26/h2-3,12-14,17H,4-11H2,1H3. The number of hydrogen-bond acceptors (Lipinski definition) is 7. The van der Waals surface area contributed by atoms with Crippen LogP contribution in [0.15, 0.2) is 35.2 Å². The third-order valence-corrected chi connectivity index (χ3v) is 7.25. The number of hydrogen-bond donors (Lipinski definition) is 0. The van der Waals surface area contributed by atoms with Crippen LogP contribution >= 0.6 is 0 Å². The molecule has 1 amide bonds. The lowest BCUT2D eigenvalue weighted by Crippen LogP contribution is -2.49. The van der Waals surface area contributed by atoms with Gasteiger partial charge < -0.3 is 19.3 Å². The van der Waals surface area contributed by atoms with Gasteiger partial charge in [0.25, 0.3) is 5.91 Å². The predicted octanol–water partition coefficient (Wildman–Crippen LogP) is 2.76. The highest BCUT2D eigenvalue weighted by atomic mass is 32.2. The zero-order valence-electron chi connectivity index (χ0n) is 19.2. The smallest absolute Gasteiger partial charge is 0.257 e. The fourth-order valence-corrected chi connectivity index (χ4v) is 4.82. The van der Waals surface area contributed by atoms with E-state index in [-0.39, 0.29) is 54.0 Å². The van der Waals surface area contributed by atoms with Gasteiger partial charge in [-0.15, -0.1) is 0 Å². The molecule has 2 saturated heterocycles. The second kappa shape index (κ2) is 10.2. The molecule has 2 aromatic carbocycles. The van der Waals surface area contributed by atoms with E-state index < -0.39 is 27.4 Å². The summed E-state index contributed by atoms with van der Waals surface area (Å²) < 4.78 is 64.1. The van der Waals surface area contributed by atoms with E-state index in [2.05, 4.69) is 0 Å². The first kappa shape index (κ1) is 24.9. The summed E-state index contributed by atoms with van der Waals surface area (Å²) in [6.45, 7) is 1.97. The quantitative estimate of drug-likeness (QED) is 0.616. The molecule has 0 aromatic heterocycles. The van der Waals surface area contributed by atoms with E-state index in [1.165, 1.54) is 23.1 Å². The van der Waals surface area contributed by atoms with E-state index in [4.69, 9.17) is 14.7 Å². The molecule has 0 saturated carbocycles. The highest BCUT2D eigenvalue weighted by Gasteiger charge is 2.28. The number of ether oxygens (including phenoxy) is 2. The predicted molar refractivity (Wildman–Crippen MR) is 123 cm³/mol. The van der Waals surface area contributed by atoms with Crippen LogP contribution in [0.5, 0.6) is 5.75 Å². The van der Waals surface area contributed by atoms with Crippen LogP contribution in [0.3, 0.4) is 0 Å². The van der Waals surface area contributed by atoms with Crippen molar-refractivity contribution >= 4 is 21.4 Å². The largest absolute Gasteiger partial charge is 0.489 e. The summed E-state index contributed by atoms with van der Waals surface area (Å²) in [6, 6.07) is 7.70. The SMILES string of the molecule is CS(=O)(=O)c1ccc(OC2CCOCC2)c(C(=O)N2CCN(c3cc(F)c(C#N)cc3F)CC2)c1. The molecule has 0 unspecified atom stereocenters. The van der Waals surface area contributed by atoms with Crippen molar-refractivity contribution in [2.45, 2.75) is 23.8 Å². The van der Waals surface area contributed by atoms with E-state index >= 15 is 0 Å². The van der Waals surface area contributed by atoms with Crippen LogP contribution in [0.25, 0.3) is 0 Å². The number of rotatable bonds is 5. The van der Waals surface area contributed by atoms with Gasteiger partial charge in [0.2, 0.25) is 0 Å². The Morgan fingerprint density at radius 1 is 1.09 bits per heavy atom. The number of amides is 1. The Hall–Kier alpha value is -3.23. The van der Waals surface area contributed by atoms with Gasteiger partial charge in [-0.1, -0.05) is 0 Å². The van der Waals surface area contributed by atoms with Crippen molar-refractivity contribution in [1.82, 2.24) is 4.90 Å². The molecule has 0 bridgehead atoms. The summed E-state index contributed by atoms with van der Waals surface area (Å²) in [6.07, 6.45) is 2.24. The summed E-state index contributed by atoms with van der Waals surface area (Å²) >= 11 is 0. The second-order valence-electron chi connectivity index (χ2n) is 8.53. The van der Waals surface area contributed by atoms with Crippen LogP contribution in [0.4, 0.5) is 14.5 Å². The maximum absolute atomic E-state index is 14.4. The van der Waals surface area contributed by atoms with Gasteiger partial charge in [0.1, 0.15) is 29.6 Å². The highest BCUT2D eigenvalue weighted by molar-refractivity contribution is 7.90. The molecule has 2 fully saturated rings. The Kier molecular flexibility index (Phi) is 7.23. The van der Waals surface area contributed by atoms with Crippen LogP contribution in [0, 0.1) is 23.0 Å². The minimum Gasteiger partial charge on any atom is -0.489 e. The van der Waals surface area contributed by atoms with Crippen molar-refractivity contribution < 1.29 is 31.5 Å². The lowest BCUT2D eigenvalue weighted by Gasteiger charge is -2.36. The summed E-state index contributed by atoms with van der Waals surface area (Å²) in [4.78, 5) is 16.6. The zero-order valence-corrected chi connectivity index (χ0v) is 20.0. The number of halogens is 2. The average molecular weight is 506 g/mol. The summed E-state index contributed by atoms with van der Waals surface area (Å²) in [5.74, 6) is -1.62. The Labute approximate surface area is 202 Å². The highest BCUT2D eigenvalue weighted by Crippen LogP contribution is 2.29. The van der Waals surface area contributed by atoms with Gasteiger partial charge in [0.15, 0.2) is 9.84 Å². The van der Waals surface area contributed by atoms with Crippen LogP contribution in [0.2, 0.25) is 0 Å². The van der Waals surface area contributed by atoms with Gasteiger partial charge >= 0.3 is 0 Å². The molecule has 0 N–H and O–H groups in total. The van der Waals surface area contributed by atoms with Crippen LogP contribution in [0.1, 0.15) is 28.8 Å². The lowest BCUT2D eigenvalue weighted by atomic mass is 10.1. The molecule has 0 aliphatic carbocycles.